The number of hydrogen-bond acceptors (Lipinski definition) is 4. The van der Waals surface area contributed by atoms with Crippen LogP contribution in [0.5, 0.6) is 5.75 Å². The van der Waals surface area contributed by atoms with Gasteiger partial charge < -0.3 is 19.9 Å². The van der Waals surface area contributed by atoms with Crippen LogP contribution >= 0.6 is 0 Å². The molecule has 7 nitrogen and oxygen atoms in total. The summed E-state index contributed by atoms with van der Waals surface area (Å²) < 4.78 is 28.7. The zero-order chi connectivity index (χ0) is 21.8. The van der Waals surface area contributed by atoms with Gasteiger partial charge in [0.2, 0.25) is 5.91 Å². The van der Waals surface area contributed by atoms with E-state index >= 15 is 0 Å². The lowest BCUT2D eigenvalue weighted by Crippen LogP contribution is -2.50. The summed E-state index contributed by atoms with van der Waals surface area (Å²) in [5.41, 5.74) is 1.99. The average Bonchev–Trinajstić information content (AvgIpc) is 3.19. The maximum atomic E-state index is 12.8. The van der Waals surface area contributed by atoms with Gasteiger partial charge in [0.05, 0.1) is 6.54 Å². The van der Waals surface area contributed by atoms with Crippen LogP contribution < -0.4 is 10.1 Å². The van der Waals surface area contributed by atoms with Crippen molar-refractivity contribution in [1.29, 1.82) is 0 Å². The summed E-state index contributed by atoms with van der Waals surface area (Å²) in [6.45, 7) is -0.477. The first-order valence-corrected chi connectivity index (χ1v) is 9.92. The smallest absolute Gasteiger partial charge is 0.387 e. The third-order valence-electron chi connectivity index (χ3n) is 5.15. The number of piperazine rings is 1. The van der Waals surface area contributed by atoms with E-state index in [9.17, 15) is 18.4 Å². The number of carbonyl (C=O) groups is 2. The Balaban J connectivity index is 1.25. The van der Waals surface area contributed by atoms with E-state index in [1.807, 2.05) is 35.2 Å². The number of rotatable bonds is 6. The SMILES string of the molecule is O=C(CN1CCN(C(=O)c2cc3ccccc3[nH]2)CC1)Nc1ccc(OC(F)F)cc1. The summed E-state index contributed by atoms with van der Waals surface area (Å²) in [6.07, 6.45) is 0. The second-order valence-corrected chi connectivity index (χ2v) is 7.29. The molecule has 1 aliphatic rings. The number of amides is 2. The van der Waals surface area contributed by atoms with Gasteiger partial charge in [0, 0.05) is 42.8 Å². The predicted molar refractivity (Wildman–Crippen MR) is 112 cm³/mol. The molecule has 9 heteroatoms. The number of anilines is 1. The molecular weight excluding hydrogens is 406 g/mol. The van der Waals surface area contributed by atoms with Gasteiger partial charge in [-0.3, -0.25) is 14.5 Å². The number of ether oxygens (including phenoxy) is 1. The number of benzene rings is 2. The molecule has 1 fully saturated rings. The fourth-order valence-electron chi connectivity index (χ4n) is 3.59. The van der Waals surface area contributed by atoms with Gasteiger partial charge in [-0.25, -0.2) is 0 Å². The molecule has 1 aliphatic heterocycles. The zero-order valence-electron chi connectivity index (χ0n) is 16.7. The number of nitrogens with one attached hydrogen (secondary N) is 2. The number of halogens is 2. The van der Waals surface area contributed by atoms with E-state index in [1.165, 1.54) is 24.3 Å². The molecule has 0 saturated carbocycles. The average molecular weight is 428 g/mol. The Hall–Kier alpha value is -3.46. The van der Waals surface area contributed by atoms with Gasteiger partial charge in [-0.1, -0.05) is 18.2 Å². The van der Waals surface area contributed by atoms with Crippen LogP contribution in [0.25, 0.3) is 10.9 Å². The summed E-state index contributed by atoms with van der Waals surface area (Å²) >= 11 is 0. The molecule has 1 saturated heterocycles. The zero-order valence-corrected chi connectivity index (χ0v) is 16.7. The maximum absolute atomic E-state index is 12.8. The van der Waals surface area contributed by atoms with E-state index < -0.39 is 6.61 Å². The van der Waals surface area contributed by atoms with Crippen molar-refractivity contribution in [3.8, 4) is 5.75 Å². The number of fused-ring (bicyclic) bond motifs is 1. The molecule has 4 rings (SSSR count). The number of nitrogens with zero attached hydrogens (tertiary/aromatic N) is 2. The predicted octanol–water partition coefficient (Wildman–Crippen LogP) is 3.17. The highest BCUT2D eigenvalue weighted by atomic mass is 19.3. The van der Waals surface area contributed by atoms with E-state index in [1.54, 1.807) is 4.90 Å². The molecule has 0 spiro atoms. The van der Waals surface area contributed by atoms with Crippen LogP contribution in [0, 0.1) is 0 Å². The van der Waals surface area contributed by atoms with Crippen molar-refractivity contribution in [1.82, 2.24) is 14.8 Å². The fraction of sp³-hybridized carbons (Fsp3) is 0.273. The second-order valence-electron chi connectivity index (χ2n) is 7.29. The number of aromatic nitrogens is 1. The summed E-state index contributed by atoms with van der Waals surface area (Å²) in [5, 5.41) is 3.73. The molecule has 1 aromatic heterocycles. The normalized spacial score (nSPS) is 14.7. The summed E-state index contributed by atoms with van der Waals surface area (Å²) in [7, 11) is 0. The van der Waals surface area contributed by atoms with E-state index in [0.717, 1.165) is 10.9 Å². The summed E-state index contributed by atoms with van der Waals surface area (Å²) in [6, 6.07) is 15.4. The molecule has 0 atom stereocenters. The minimum atomic E-state index is -2.89. The van der Waals surface area contributed by atoms with Crippen LogP contribution in [-0.4, -0.2) is 65.9 Å². The Kier molecular flexibility index (Phi) is 6.13. The molecule has 0 unspecified atom stereocenters. The molecule has 2 amide bonds. The number of hydrogen-bond donors (Lipinski definition) is 2. The van der Waals surface area contributed by atoms with Gasteiger partial charge in [-0.2, -0.15) is 8.78 Å². The molecule has 31 heavy (non-hydrogen) atoms. The largest absolute Gasteiger partial charge is 0.435 e. The highest BCUT2D eigenvalue weighted by Crippen LogP contribution is 2.19. The quantitative estimate of drug-likeness (QED) is 0.632. The number of alkyl halides is 2. The number of carbonyl (C=O) groups excluding carboxylic acids is 2. The van der Waals surface area contributed by atoms with E-state index in [2.05, 4.69) is 15.0 Å². The van der Waals surface area contributed by atoms with E-state index in [0.29, 0.717) is 37.6 Å². The number of H-pyrrole nitrogens is 1. The molecule has 0 radical (unpaired) electrons. The Morgan fingerprint density at radius 3 is 2.42 bits per heavy atom. The molecule has 162 valence electrons. The minimum Gasteiger partial charge on any atom is -0.435 e. The molecule has 2 heterocycles. The third-order valence-corrected chi connectivity index (χ3v) is 5.15. The Morgan fingerprint density at radius 2 is 1.74 bits per heavy atom. The lowest BCUT2D eigenvalue weighted by atomic mass is 10.2. The van der Waals surface area contributed by atoms with Crippen molar-refractivity contribution in [3.05, 3.63) is 60.3 Å². The van der Waals surface area contributed by atoms with Crippen LogP contribution in [-0.2, 0) is 4.79 Å². The molecule has 2 aromatic carbocycles. The van der Waals surface area contributed by atoms with Gasteiger partial charge in [0.25, 0.3) is 5.91 Å². The van der Waals surface area contributed by atoms with Crippen molar-refractivity contribution < 1.29 is 23.1 Å². The second kappa shape index (κ2) is 9.13. The summed E-state index contributed by atoms with van der Waals surface area (Å²) in [4.78, 5) is 32.0. The van der Waals surface area contributed by atoms with Gasteiger partial charge >= 0.3 is 6.61 Å². The van der Waals surface area contributed by atoms with Crippen molar-refractivity contribution in [2.24, 2.45) is 0 Å². The standard InChI is InChI=1S/C22H22F2N4O3/c23-22(24)31-17-7-5-16(6-8-17)25-20(29)14-27-9-11-28(12-10-27)21(30)19-13-15-3-1-2-4-18(15)26-19/h1-8,13,22,26H,9-12,14H2,(H,25,29). The molecule has 0 aliphatic carbocycles. The molecule has 3 aromatic rings. The Morgan fingerprint density at radius 1 is 1.03 bits per heavy atom. The Bertz CT molecular complexity index is 1030. The van der Waals surface area contributed by atoms with E-state index in [-0.39, 0.29) is 24.1 Å². The summed E-state index contributed by atoms with van der Waals surface area (Å²) in [5.74, 6) is -0.229. The highest BCUT2D eigenvalue weighted by molar-refractivity contribution is 5.98. The fourth-order valence-corrected chi connectivity index (χ4v) is 3.59. The van der Waals surface area contributed by atoms with Crippen LogP contribution in [0.1, 0.15) is 10.5 Å². The highest BCUT2D eigenvalue weighted by Gasteiger charge is 2.24. The molecule has 0 bridgehead atoms. The van der Waals surface area contributed by atoms with Crippen LogP contribution in [0.4, 0.5) is 14.5 Å². The van der Waals surface area contributed by atoms with Gasteiger partial charge in [0.15, 0.2) is 0 Å². The third kappa shape index (κ3) is 5.18. The van der Waals surface area contributed by atoms with Crippen molar-refractivity contribution in [2.75, 3.05) is 38.0 Å². The van der Waals surface area contributed by atoms with Crippen LogP contribution in [0.3, 0.4) is 0 Å². The Labute approximate surface area is 177 Å². The number of para-hydroxylation sites is 1. The monoisotopic (exact) mass is 428 g/mol. The van der Waals surface area contributed by atoms with Gasteiger partial charge in [-0.05, 0) is 36.4 Å². The topological polar surface area (TPSA) is 77.7 Å². The van der Waals surface area contributed by atoms with Gasteiger partial charge in [-0.15, -0.1) is 0 Å². The van der Waals surface area contributed by atoms with E-state index in [4.69, 9.17) is 0 Å². The van der Waals surface area contributed by atoms with Crippen molar-refractivity contribution in [3.63, 3.8) is 0 Å². The maximum Gasteiger partial charge on any atom is 0.387 e. The lowest BCUT2D eigenvalue weighted by Gasteiger charge is -2.34. The first-order valence-electron chi connectivity index (χ1n) is 9.92. The lowest BCUT2D eigenvalue weighted by molar-refractivity contribution is -0.117. The first kappa shape index (κ1) is 20.8. The van der Waals surface area contributed by atoms with Crippen molar-refractivity contribution >= 4 is 28.4 Å². The first-order chi connectivity index (χ1) is 15.0. The van der Waals surface area contributed by atoms with Gasteiger partial charge in [0.1, 0.15) is 11.4 Å². The minimum absolute atomic E-state index is 0.0313. The molecular formula is C22H22F2N4O3. The van der Waals surface area contributed by atoms with Crippen LogP contribution in [0.15, 0.2) is 54.6 Å². The van der Waals surface area contributed by atoms with Crippen molar-refractivity contribution in [2.45, 2.75) is 6.61 Å². The molecule has 2 N–H and O–H groups in total. The van der Waals surface area contributed by atoms with Crippen LogP contribution in [0.2, 0.25) is 0 Å². The number of aromatic amines is 1.